The summed E-state index contributed by atoms with van der Waals surface area (Å²) in [7, 11) is 1.85. The number of rotatable bonds is 4. The maximum absolute atomic E-state index is 12.9. The Morgan fingerprint density at radius 3 is 2.84 bits per heavy atom. The molecule has 0 N–H and O–H groups in total. The summed E-state index contributed by atoms with van der Waals surface area (Å²) in [6.45, 7) is 4.11. The van der Waals surface area contributed by atoms with E-state index >= 15 is 0 Å². The summed E-state index contributed by atoms with van der Waals surface area (Å²) in [5, 5.41) is 8.29. The molecule has 1 atom stereocenters. The molecule has 2 aliphatic heterocycles. The molecule has 4 heterocycles. The second kappa shape index (κ2) is 7.00. The van der Waals surface area contributed by atoms with E-state index in [0.29, 0.717) is 23.2 Å². The fourth-order valence-electron chi connectivity index (χ4n) is 3.92. The van der Waals surface area contributed by atoms with Gasteiger partial charge in [-0.15, -0.1) is 0 Å². The van der Waals surface area contributed by atoms with Gasteiger partial charge in [0.2, 0.25) is 0 Å². The number of carbonyl (C=O) groups is 1. The van der Waals surface area contributed by atoms with Crippen molar-refractivity contribution in [1.29, 1.82) is 0 Å². The van der Waals surface area contributed by atoms with E-state index in [1.807, 2.05) is 24.2 Å². The zero-order valence-electron chi connectivity index (χ0n) is 14.7. The lowest BCUT2D eigenvalue weighted by Crippen LogP contribution is -2.44. The van der Waals surface area contributed by atoms with Gasteiger partial charge in [0.15, 0.2) is 11.5 Å². The second-order valence-corrected chi connectivity index (χ2v) is 7.11. The van der Waals surface area contributed by atoms with Gasteiger partial charge in [-0.2, -0.15) is 5.10 Å². The number of amides is 1. The molecule has 0 aromatic carbocycles. The Morgan fingerprint density at radius 1 is 1.24 bits per heavy atom. The molecular weight excluding hydrogens is 318 g/mol. The number of aryl methyl sites for hydroxylation is 1. The van der Waals surface area contributed by atoms with Gasteiger partial charge in [0.1, 0.15) is 5.69 Å². The first kappa shape index (κ1) is 16.3. The smallest absolute Gasteiger partial charge is 0.276 e. The predicted octanol–water partition coefficient (Wildman–Crippen LogP) is 2.17. The highest BCUT2D eigenvalue weighted by atomic mass is 16.5. The van der Waals surface area contributed by atoms with Crippen molar-refractivity contribution >= 4 is 5.91 Å². The average Bonchev–Trinajstić information content (AvgIpc) is 3.35. The van der Waals surface area contributed by atoms with Gasteiger partial charge < -0.3 is 14.3 Å². The van der Waals surface area contributed by atoms with Crippen LogP contribution in [0.2, 0.25) is 0 Å². The van der Waals surface area contributed by atoms with Crippen LogP contribution in [0.4, 0.5) is 0 Å². The molecular formula is C18H25N5O2. The van der Waals surface area contributed by atoms with Crippen molar-refractivity contribution in [1.82, 2.24) is 24.7 Å². The second-order valence-electron chi connectivity index (χ2n) is 7.11. The summed E-state index contributed by atoms with van der Waals surface area (Å²) in [5.41, 5.74) is 1.08. The quantitative estimate of drug-likeness (QED) is 0.851. The molecule has 2 aliphatic rings. The van der Waals surface area contributed by atoms with Gasteiger partial charge in [0.05, 0.1) is 0 Å². The highest BCUT2D eigenvalue weighted by molar-refractivity contribution is 5.93. The van der Waals surface area contributed by atoms with Crippen LogP contribution < -0.4 is 0 Å². The number of piperidine rings is 1. The van der Waals surface area contributed by atoms with Gasteiger partial charge >= 0.3 is 0 Å². The van der Waals surface area contributed by atoms with Crippen LogP contribution in [0.5, 0.6) is 0 Å². The molecule has 2 aromatic heterocycles. The number of likely N-dealkylation sites (tertiary alicyclic amines) is 2. The van der Waals surface area contributed by atoms with E-state index in [1.54, 1.807) is 10.7 Å². The number of hydrogen-bond acceptors (Lipinski definition) is 5. The molecule has 2 fully saturated rings. The Balaban J connectivity index is 1.45. The van der Waals surface area contributed by atoms with Crippen LogP contribution >= 0.6 is 0 Å². The lowest BCUT2D eigenvalue weighted by atomic mass is 10.1. The molecule has 7 heteroatoms. The summed E-state index contributed by atoms with van der Waals surface area (Å²) in [5.74, 6) is 0.515. The van der Waals surface area contributed by atoms with Gasteiger partial charge in [-0.1, -0.05) is 11.6 Å². The van der Waals surface area contributed by atoms with Crippen molar-refractivity contribution in [3.05, 3.63) is 24.0 Å². The zero-order valence-corrected chi connectivity index (χ0v) is 14.7. The molecule has 0 bridgehead atoms. The maximum atomic E-state index is 12.9. The first-order valence-corrected chi connectivity index (χ1v) is 9.21. The van der Waals surface area contributed by atoms with Crippen LogP contribution in [-0.2, 0) is 7.05 Å². The molecule has 2 saturated heterocycles. The van der Waals surface area contributed by atoms with Crippen LogP contribution in [0.3, 0.4) is 0 Å². The largest absolute Gasteiger partial charge is 0.354 e. The molecule has 0 spiro atoms. The third kappa shape index (κ3) is 3.46. The monoisotopic (exact) mass is 343 g/mol. The molecule has 25 heavy (non-hydrogen) atoms. The summed E-state index contributed by atoms with van der Waals surface area (Å²) >= 11 is 0. The van der Waals surface area contributed by atoms with Crippen molar-refractivity contribution in [2.75, 3.05) is 26.2 Å². The third-order valence-electron chi connectivity index (χ3n) is 5.25. The van der Waals surface area contributed by atoms with E-state index < -0.39 is 0 Å². The number of nitrogens with zero attached hydrogens (tertiary/aromatic N) is 5. The minimum absolute atomic E-state index is 0.0227. The van der Waals surface area contributed by atoms with Crippen molar-refractivity contribution in [3.63, 3.8) is 0 Å². The summed E-state index contributed by atoms with van der Waals surface area (Å²) in [4.78, 5) is 17.4. The Bertz CT molecular complexity index is 731. The van der Waals surface area contributed by atoms with Crippen molar-refractivity contribution < 1.29 is 9.32 Å². The van der Waals surface area contributed by atoms with E-state index in [0.717, 1.165) is 39.0 Å². The molecule has 0 radical (unpaired) electrons. The Labute approximate surface area is 147 Å². The van der Waals surface area contributed by atoms with Crippen molar-refractivity contribution in [2.45, 2.75) is 38.1 Å². The lowest BCUT2D eigenvalue weighted by Gasteiger charge is -2.32. The van der Waals surface area contributed by atoms with Gasteiger partial charge in [-0.25, -0.2) is 0 Å². The van der Waals surface area contributed by atoms with Crippen LogP contribution in [0.15, 0.2) is 22.9 Å². The molecule has 7 nitrogen and oxygen atoms in total. The fourth-order valence-corrected chi connectivity index (χ4v) is 3.92. The minimum atomic E-state index is -0.0227. The minimum Gasteiger partial charge on any atom is -0.354 e. The maximum Gasteiger partial charge on any atom is 0.276 e. The molecule has 0 saturated carbocycles. The first-order valence-electron chi connectivity index (χ1n) is 9.21. The van der Waals surface area contributed by atoms with E-state index in [1.165, 1.54) is 19.3 Å². The van der Waals surface area contributed by atoms with Crippen LogP contribution in [0.1, 0.15) is 42.6 Å². The zero-order chi connectivity index (χ0) is 17.2. The van der Waals surface area contributed by atoms with Gasteiger partial charge in [-0.3, -0.25) is 9.48 Å². The Kier molecular flexibility index (Phi) is 4.57. The van der Waals surface area contributed by atoms with Gasteiger partial charge in [0, 0.05) is 38.4 Å². The van der Waals surface area contributed by atoms with E-state index in [9.17, 15) is 4.79 Å². The molecule has 2 aromatic rings. The van der Waals surface area contributed by atoms with Gasteiger partial charge in [0.25, 0.3) is 5.91 Å². The summed E-state index contributed by atoms with van der Waals surface area (Å²) in [6, 6.07) is 3.85. The Morgan fingerprint density at radius 2 is 2.08 bits per heavy atom. The molecule has 1 amide bonds. The molecule has 4 rings (SSSR count). The molecule has 1 unspecified atom stereocenters. The molecule has 0 aliphatic carbocycles. The van der Waals surface area contributed by atoms with Crippen molar-refractivity contribution in [2.24, 2.45) is 7.05 Å². The standard InChI is InChI=1S/C18H25N5O2/c1-21-11-7-15(19-21)17-12-16(20-25-17)18(24)23-10-5-6-14(23)13-22-8-3-2-4-9-22/h7,11-12,14H,2-6,8-10,13H2,1H3. The highest BCUT2D eigenvalue weighted by Crippen LogP contribution is 2.24. The average molecular weight is 343 g/mol. The first-order chi connectivity index (χ1) is 12.2. The fraction of sp³-hybridized carbons (Fsp3) is 0.611. The Hall–Kier alpha value is -2.15. The number of carbonyl (C=O) groups excluding carboxylic acids is 1. The normalized spacial score (nSPS) is 21.8. The van der Waals surface area contributed by atoms with E-state index in [-0.39, 0.29) is 5.91 Å². The topological polar surface area (TPSA) is 67.4 Å². The summed E-state index contributed by atoms with van der Waals surface area (Å²) in [6.07, 6.45) is 7.87. The van der Waals surface area contributed by atoms with Gasteiger partial charge in [-0.05, 0) is 44.8 Å². The predicted molar refractivity (Wildman–Crippen MR) is 93.1 cm³/mol. The highest BCUT2D eigenvalue weighted by Gasteiger charge is 2.32. The summed E-state index contributed by atoms with van der Waals surface area (Å²) < 4.78 is 7.05. The lowest BCUT2D eigenvalue weighted by molar-refractivity contribution is 0.0680. The molecule has 134 valence electrons. The van der Waals surface area contributed by atoms with E-state index in [2.05, 4.69) is 15.2 Å². The van der Waals surface area contributed by atoms with Crippen LogP contribution in [0.25, 0.3) is 11.5 Å². The van der Waals surface area contributed by atoms with Crippen molar-refractivity contribution in [3.8, 4) is 11.5 Å². The number of aromatic nitrogens is 3. The SMILES string of the molecule is Cn1ccc(-c2cc(C(=O)N3CCCC3CN3CCCCC3)no2)n1. The number of hydrogen-bond donors (Lipinski definition) is 0. The van der Waals surface area contributed by atoms with Crippen LogP contribution in [-0.4, -0.2) is 62.9 Å². The van der Waals surface area contributed by atoms with Crippen LogP contribution in [0, 0.1) is 0 Å². The third-order valence-corrected chi connectivity index (χ3v) is 5.25. The van der Waals surface area contributed by atoms with E-state index in [4.69, 9.17) is 4.52 Å².